The molecule has 1 aliphatic rings. The number of carbonyl (C=O) groups is 1. The molecule has 0 radical (unpaired) electrons. The van der Waals surface area contributed by atoms with Gasteiger partial charge < -0.3 is 9.74 Å². The number of aldehydes is 1. The average molecular weight is 504 g/mol. The zero-order valence-corrected chi connectivity index (χ0v) is 23.6. The standard InChI is InChI=1S/C30H41N3O2Si/c1-30(2,3)36(4,5)35-28-19-18-22(32-27(28)21-34)13-11-12-20-31-29-23-14-7-6-8-16-25(23)33-26-17-10-9-15-24(26)29/h9-10,15,17-19,21H,6-8,11-14,16,20H2,1-5H3,(H,31,33). The molecule has 0 fully saturated rings. The molecule has 4 rings (SSSR count). The highest BCUT2D eigenvalue weighted by Gasteiger charge is 2.39. The van der Waals surface area contributed by atoms with Crippen molar-refractivity contribution in [3.05, 3.63) is 59.0 Å². The Morgan fingerprint density at radius 3 is 2.56 bits per heavy atom. The van der Waals surface area contributed by atoms with Crippen LogP contribution in [0, 0.1) is 0 Å². The van der Waals surface area contributed by atoms with E-state index in [0.717, 1.165) is 56.1 Å². The monoisotopic (exact) mass is 503 g/mol. The summed E-state index contributed by atoms with van der Waals surface area (Å²) >= 11 is 0. The normalized spacial score (nSPS) is 14.2. The van der Waals surface area contributed by atoms with E-state index in [9.17, 15) is 4.79 Å². The molecule has 1 aliphatic carbocycles. The average Bonchev–Trinajstić information content (AvgIpc) is 3.08. The van der Waals surface area contributed by atoms with Crippen molar-refractivity contribution in [3.8, 4) is 5.75 Å². The number of unbranched alkanes of at least 4 members (excludes halogenated alkanes) is 1. The number of fused-ring (bicyclic) bond motifs is 2. The first kappa shape index (κ1) is 26.3. The Labute approximate surface area is 217 Å². The molecule has 0 unspecified atom stereocenters. The van der Waals surface area contributed by atoms with Gasteiger partial charge in [0.05, 0.1) is 5.52 Å². The van der Waals surface area contributed by atoms with E-state index in [4.69, 9.17) is 9.41 Å². The molecule has 1 N–H and O–H groups in total. The summed E-state index contributed by atoms with van der Waals surface area (Å²) in [4.78, 5) is 21.4. The van der Waals surface area contributed by atoms with Crippen molar-refractivity contribution in [2.75, 3.05) is 11.9 Å². The van der Waals surface area contributed by atoms with Gasteiger partial charge in [-0.25, -0.2) is 4.98 Å². The van der Waals surface area contributed by atoms with Crippen LogP contribution in [-0.4, -0.2) is 31.1 Å². The molecule has 0 saturated carbocycles. The van der Waals surface area contributed by atoms with E-state index >= 15 is 0 Å². The Balaban J connectivity index is 1.38. The molecule has 0 aliphatic heterocycles. The fraction of sp³-hybridized carbons (Fsp3) is 0.500. The maximum Gasteiger partial charge on any atom is 0.250 e. The molecule has 1 aromatic carbocycles. The maximum absolute atomic E-state index is 11.8. The summed E-state index contributed by atoms with van der Waals surface area (Å²) in [5, 5.41) is 5.07. The highest BCUT2D eigenvalue weighted by atomic mass is 28.4. The topological polar surface area (TPSA) is 64.1 Å². The molecular weight excluding hydrogens is 462 g/mol. The number of hydrogen-bond donors (Lipinski definition) is 1. The largest absolute Gasteiger partial charge is 0.542 e. The molecule has 2 aromatic heterocycles. The van der Waals surface area contributed by atoms with E-state index in [-0.39, 0.29) is 5.04 Å². The van der Waals surface area contributed by atoms with E-state index in [2.05, 4.69) is 68.4 Å². The lowest BCUT2D eigenvalue weighted by atomic mass is 10.0. The molecule has 0 atom stereocenters. The van der Waals surface area contributed by atoms with Crippen LogP contribution in [0.5, 0.6) is 5.75 Å². The van der Waals surface area contributed by atoms with Crippen molar-refractivity contribution in [3.63, 3.8) is 0 Å². The van der Waals surface area contributed by atoms with Crippen LogP contribution >= 0.6 is 0 Å². The minimum Gasteiger partial charge on any atom is -0.542 e. The maximum atomic E-state index is 11.8. The Kier molecular flexibility index (Phi) is 8.13. The minimum absolute atomic E-state index is 0.0668. The number of para-hydroxylation sites is 1. The van der Waals surface area contributed by atoms with Crippen LogP contribution in [0.1, 0.15) is 80.3 Å². The number of nitrogens with one attached hydrogen (secondary N) is 1. The van der Waals surface area contributed by atoms with Crippen LogP contribution in [0.3, 0.4) is 0 Å². The Morgan fingerprint density at radius 2 is 1.78 bits per heavy atom. The molecule has 36 heavy (non-hydrogen) atoms. The van der Waals surface area contributed by atoms with Gasteiger partial charge in [0.2, 0.25) is 0 Å². The highest BCUT2D eigenvalue weighted by molar-refractivity contribution is 6.74. The van der Waals surface area contributed by atoms with Gasteiger partial charge in [0.25, 0.3) is 8.32 Å². The van der Waals surface area contributed by atoms with Gasteiger partial charge in [0.1, 0.15) is 11.4 Å². The second kappa shape index (κ2) is 11.1. The third kappa shape index (κ3) is 5.97. The molecule has 5 nitrogen and oxygen atoms in total. The van der Waals surface area contributed by atoms with Crippen LogP contribution in [0.2, 0.25) is 18.1 Å². The van der Waals surface area contributed by atoms with E-state index < -0.39 is 8.32 Å². The summed E-state index contributed by atoms with van der Waals surface area (Å²) in [7, 11) is -2.02. The molecular formula is C30H41N3O2Si. The first-order valence-corrected chi connectivity index (χ1v) is 16.4. The molecule has 0 amide bonds. The molecule has 0 bridgehead atoms. The van der Waals surface area contributed by atoms with Crippen molar-refractivity contribution >= 4 is 31.2 Å². The summed E-state index contributed by atoms with van der Waals surface area (Å²) in [5.41, 5.74) is 6.43. The number of benzene rings is 1. The van der Waals surface area contributed by atoms with Crippen molar-refractivity contribution < 1.29 is 9.22 Å². The van der Waals surface area contributed by atoms with E-state index in [1.165, 1.54) is 41.6 Å². The second-order valence-corrected chi connectivity index (χ2v) is 16.3. The Bertz CT molecular complexity index is 1220. The van der Waals surface area contributed by atoms with Gasteiger partial charge in [-0.1, -0.05) is 45.4 Å². The molecule has 2 heterocycles. The molecule has 0 saturated heterocycles. The number of hydrogen-bond acceptors (Lipinski definition) is 5. The number of aromatic nitrogens is 2. The molecule has 0 spiro atoms. The summed E-state index contributed by atoms with van der Waals surface area (Å²) in [6, 6.07) is 12.4. The fourth-order valence-electron chi connectivity index (χ4n) is 4.64. The van der Waals surface area contributed by atoms with Crippen molar-refractivity contribution in [1.82, 2.24) is 9.97 Å². The van der Waals surface area contributed by atoms with Crippen molar-refractivity contribution in [2.45, 2.75) is 90.3 Å². The molecule has 192 valence electrons. The van der Waals surface area contributed by atoms with Crippen LogP contribution in [-0.2, 0) is 19.3 Å². The number of pyridine rings is 2. The summed E-state index contributed by atoms with van der Waals surface area (Å²) in [6.07, 6.45) is 9.64. The third-order valence-corrected chi connectivity index (χ3v) is 12.1. The quantitative estimate of drug-likeness (QED) is 0.141. The predicted octanol–water partition coefficient (Wildman–Crippen LogP) is 7.53. The van der Waals surface area contributed by atoms with Gasteiger partial charge >= 0.3 is 0 Å². The van der Waals surface area contributed by atoms with Gasteiger partial charge in [-0.2, -0.15) is 0 Å². The number of rotatable bonds is 9. The highest BCUT2D eigenvalue weighted by Crippen LogP contribution is 2.38. The second-order valence-electron chi connectivity index (χ2n) is 11.5. The van der Waals surface area contributed by atoms with Gasteiger partial charge in [-0.15, -0.1) is 0 Å². The zero-order valence-electron chi connectivity index (χ0n) is 22.6. The summed E-state index contributed by atoms with van der Waals surface area (Å²) in [6.45, 7) is 11.9. The number of aryl methyl sites for hydroxylation is 2. The summed E-state index contributed by atoms with van der Waals surface area (Å²) < 4.78 is 6.35. The van der Waals surface area contributed by atoms with Gasteiger partial charge in [-0.05, 0) is 86.8 Å². The lowest BCUT2D eigenvalue weighted by Crippen LogP contribution is -2.44. The first-order valence-electron chi connectivity index (χ1n) is 13.5. The first-order chi connectivity index (χ1) is 17.2. The fourth-order valence-corrected chi connectivity index (χ4v) is 5.67. The minimum atomic E-state index is -2.02. The SMILES string of the molecule is CC(C)(C)[Si](C)(C)Oc1ccc(CCCCNc2c3c(nc4ccccc24)CCCCC3)nc1C=O. The van der Waals surface area contributed by atoms with E-state index in [1.54, 1.807) is 0 Å². The lowest BCUT2D eigenvalue weighted by molar-refractivity contribution is 0.111. The van der Waals surface area contributed by atoms with Gasteiger partial charge in [0.15, 0.2) is 6.29 Å². The Morgan fingerprint density at radius 1 is 1.00 bits per heavy atom. The van der Waals surface area contributed by atoms with E-state index in [0.29, 0.717) is 11.4 Å². The van der Waals surface area contributed by atoms with Crippen LogP contribution in [0.4, 0.5) is 5.69 Å². The summed E-state index contributed by atoms with van der Waals surface area (Å²) in [5.74, 6) is 0.618. The van der Waals surface area contributed by atoms with Crippen molar-refractivity contribution in [2.24, 2.45) is 0 Å². The molecule has 3 aromatic rings. The van der Waals surface area contributed by atoms with Gasteiger partial charge in [-0.3, -0.25) is 9.78 Å². The lowest BCUT2D eigenvalue weighted by Gasteiger charge is -2.36. The predicted molar refractivity (Wildman–Crippen MR) is 152 cm³/mol. The van der Waals surface area contributed by atoms with Crippen LogP contribution in [0.25, 0.3) is 10.9 Å². The van der Waals surface area contributed by atoms with E-state index in [1.807, 2.05) is 12.1 Å². The smallest absolute Gasteiger partial charge is 0.250 e. The Hall–Kier alpha value is -2.73. The van der Waals surface area contributed by atoms with Crippen LogP contribution in [0.15, 0.2) is 36.4 Å². The van der Waals surface area contributed by atoms with Gasteiger partial charge in [0, 0.05) is 29.0 Å². The van der Waals surface area contributed by atoms with Crippen molar-refractivity contribution in [1.29, 1.82) is 0 Å². The molecule has 6 heteroatoms. The number of anilines is 1. The number of carbonyl (C=O) groups excluding carboxylic acids is 1. The number of nitrogens with zero attached hydrogens (tertiary/aromatic N) is 2. The van der Waals surface area contributed by atoms with Crippen LogP contribution < -0.4 is 9.74 Å². The third-order valence-electron chi connectivity index (χ3n) is 7.81. The zero-order chi connectivity index (χ0) is 25.8.